The van der Waals surface area contributed by atoms with Gasteiger partial charge in [-0.3, -0.25) is 19.2 Å². The zero-order valence-corrected chi connectivity index (χ0v) is 20.2. The molecule has 0 radical (unpaired) electrons. The van der Waals surface area contributed by atoms with E-state index in [9.17, 15) is 28.0 Å². The highest BCUT2D eigenvalue weighted by molar-refractivity contribution is 6.38. The summed E-state index contributed by atoms with van der Waals surface area (Å²) in [5.41, 5.74) is -0.0164. The summed E-state index contributed by atoms with van der Waals surface area (Å²) < 4.78 is 29.5. The van der Waals surface area contributed by atoms with Crippen LogP contribution in [0.1, 0.15) is 39.9 Å². The number of fused-ring (bicyclic) bond motifs is 1. The van der Waals surface area contributed by atoms with Crippen molar-refractivity contribution >= 4 is 59.0 Å². The molecule has 0 N–H and O–H groups in total. The van der Waals surface area contributed by atoms with Gasteiger partial charge in [0.15, 0.2) is 0 Å². The molecule has 13 heteroatoms. The van der Waals surface area contributed by atoms with Crippen LogP contribution in [0.3, 0.4) is 0 Å². The van der Waals surface area contributed by atoms with E-state index in [0.29, 0.717) is 16.7 Å². The zero-order chi connectivity index (χ0) is 25.7. The summed E-state index contributed by atoms with van der Waals surface area (Å²) in [5.74, 6) is -6.16. The third-order valence-corrected chi connectivity index (χ3v) is 7.03. The van der Waals surface area contributed by atoms with Gasteiger partial charge in [-0.15, -0.1) is 0 Å². The molecule has 2 aliphatic rings. The molecule has 1 fully saturated rings. The molecule has 4 rings (SSSR count). The Morgan fingerprint density at radius 1 is 1.14 bits per heavy atom. The van der Waals surface area contributed by atoms with Crippen molar-refractivity contribution in [2.24, 2.45) is 0 Å². The third-order valence-electron chi connectivity index (χ3n) is 6.78. The lowest BCUT2D eigenvalue weighted by Crippen LogP contribution is -2.64. The minimum atomic E-state index is -3.73. The molecular weight excluding hydrogens is 476 g/mol. The Morgan fingerprint density at radius 3 is 2.46 bits per heavy atom. The zero-order valence-electron chi connectivity index (χ0n) is 19.5. The maximum Gasteiger partial charge on any atom is 0.348 e. The Bertz CT molecular complexity index is 1250. The Labute approximate surface area is 208 Å². The maximum atomic E-state index is 14.8. The van der Waals surface area contributed by atoms with Gasteiger partial charge in [0, 0.05) is 35.7 Å². The van der Waals surface area contributed by atoms with Crippen LogP contribution in [0.15, 0.2) is 42.5 Å². The number of hydrogen-bond acceptors (Lipinski definition) is 4. The topological polar surface area (TPSA) is 78.0 Å². The summed E-state index contributed by atoms with van der Waals surface area (Å²) in [5, 5.41) is 0.286. The standard InChI is InChI=1S/C22H21B3ClF2N3O4/c23-21(8-7-17(32)31(25)19(21)34)29-11-13-9-12(1-6-16(13)18(29)33)10-30(24)20(35)22(27,28)14-2-4-15(26)5-3-14/h1-6,9H,7-8,10-11,23-25H2/t21-/m0/s1. The van der Waals surface area contributed by atoms with Crippen LogP contribution in [0.25, 0.3) is 0 Å². The molecule has 178 valence electrons. The minimum absolute atomic E-state index is 0.100. The van der Waals surface area contributed by atoms with Gasteiger partial charge in [0.05, 0.1) is 5.44 Å². The van der Waals surface area contributed by atoms with E-state index < -0.39 is 28.7 Å². The van der Waals surface area contributed by atoms with Crippen LogP contribution in [0.5, 0.6) is 0 Å². The Hall–Kier alpha value is -3.14. The van der Waals surface area contributed by atoms with E-state index in [-0.39, 0.29) is 42.8 Å². The Balaban J connectivity index is 1.51. The van der Waals surface area contributed by atoms with Gasteiger partial charge in [-0.2, -0.15) is 8.78 Å². The number of halogens is 3. The van der Waals surface area contributed by atoms with Crippen molar-refractivity contribution in [1.29, 1.82) is 0 Å². The van der Waals surface area contributed by atoms with Crippen LogP contribution in [0.2, 0.25) is 5.02 Å². The molecule has 0 unspecified atom stereocenters. The average Bonchev–Trinajstić information content (AvgIpc) is 3.16. The highest BCUT2D eigenvalue weighted by Gasteiger charge is 2.50. The number of carbonyl (C=O) groups is 4. The third kappa shape index (κ3) is 4.24. The summed E-state index contributed by atoms with van der Waals surface area (Å²) in [7, 11) is 4.33. The van der Waals surface area contributed by atoms with Crippen molar-refractivity contribution in [2.75, 3.05) is 0 Å². The second kappa shape index (κ2) is 8.82. The number of rotatable bonds is 5. The summed E-state index contributed by atoms with van der Waals surface area (Å²) >= 11 is 5.75. The second-order valence-corrected chi connectivity index (χ2v) is 9.59. The molecule has 0 bridgehead atoms. The van der Waals surface area contributed by atoms with Crippen molar-refractivity contribution in [3.8, 4) is 0 Å². The quantitative estimate of drug-likeness (QED) is 0.431. The average molecular weight is 497 g/mol. The van der Waals surface area contributed by atoms with E-state index in [4.69, 9.17) is 11.6 Å². The second-order valence-electron chi connectivity index (χ2n) is 9.16. The molecule has 2 aliphatic heterocycles. The van der Waals surface area contributed by atoms with Crippen molar-refractivity contribution in [1.82, 2.24) is 14.5 Å². The van der Waals surface area contributed by atoms with Crippen molar-refractivity contribution in [3.05, 3.63) is 69.7 Å². The first kappa shape index (κ1) is 25.0. The van der Waals surface area contributed by atoms with Crippen molar-refractivity contribution in [2.45, 2.75) is 37.3 Å². The largest absolute Gasteiger partial charge is 0.384 e. The van der Waals surface area contributed by atoms with Gasteiger partial charge in [-0.25, -0.2) is 0 Å². The lowest BCUT2D eigenvalue weighted by atomic mass is 9.68. The van der Waals surface area contributed by atoms with Crippen LogP contribution in [0, 0.1) is 0 Å². The van der Waals surface area contributed by atoms with E-state index in [1.54, 1.807) is 26.0 Å². The van der Waals surface area contributed by atoms with Gasteiger partial charge < -0.3 is 14.5 Å². The van der Waals surface area contributed by atoms with Gasteiger partial charge >= 0.3 is 5.92 Å². The molecule has 4 amide bonds. The molecule has 2 aromatic carbocycles. The number of imide groups is 1. The maximum absolute atomic E-state index is 14.8. The fourth-order valence-electron chi connectivity index (χ4n) is 4.59. The molecule has 2 heterocycles. The molecule has 0 aliphatic carbocycles. The number of amides is 4. The minimum Gasteiger partial charge on any atom is -0.384 e. The highest BCUT2D eigenvalue weighted by Crippen LogP contribution is 2.35. The van der Waals surface area contributed by atoms with E-state index in [2.05, 4.69) is 0 Å². The van der Waals surface area contributed by atoms with Gasteiger partial charge in [0.2, 0.25) is 27.8 Å². The molecular formula is C22H21B3ClF2N3O4. The first-order valence-corrected chi connectivity index (χ1v) is 11.4. The summed E-state index contributed by atoms with van der Waals surface area (Å²) in [6.07, 6.45) is 0.372. The molecule has 2 aromatic rings. The first-order valence-electron chi connectivity index (χ1n) is 11.0. The molecule has 1 atom stereocenters. The van der Waals surface area contributed by atoms with Crippen LogP contribution in [-0.2, 0) is 33.4 Å². The SMILES string of the molecule is BN(Cc1ccc2c(c1)CN([C@@]1(B)CCC(=O)N(B)C1=O)C2=O)C(=O)C(F)(F)c1ccc(Cl)cc1. The number of carbonyl (C=O) groups excluding carboxylic acids is 4. The fraction of sp³-hybridized carbons (Fsp3) is 0.273. The number of alkyl halides is 2. The van der Waals surface area contributed by atoms with Crippen LogP contribution in [0.4, 0.5) is 8.78 Å². The van der Waals surface area contributed by atoms with Crippen molar-refractivity contribution < 1.29 is 28.0 Å². The molecule has 0 aromatic heterocycles. The lowest BCUT2D eigenvalue weighted by molar-refractivity contribution is -0.154. The highest BCUT2D eigenvalue weighted by atomic mass is 35.5. The molecule has 35 heavy (non-hydrogen) atoms. The number of hydrogen-bond donors (Lipinski definition) is 0. The molecule has 7 nitrogen and oxygen atoms in total. The van der Waals surface area contributed by atoms with E-state index in [1.807, 2.05) is 0 Å². The Morgan fingerprint density at radius 2 is 1.80 bits per heavy atom. The van der Waals surface area contributed by atoms with E-state index in [0.717, 1.165) is 21.8 Å². The van der Waals surface area contributed by atoms with Gasteiger partial charge in [-0.1, -0.05) is 35.9 Å². The molecule has 1 saturated heterocycles. The van der Waals surface area contributed by atoms with Crippen LogP contribution >= 0.6 is 11.6 Å². The summed E-state index contributed by atoms with van der Waals surface area (Å²) in [4.78, 5) is 53.8. The summed E-state index contributed by atoms with van der Waals surface area (Å²) in [6, 6.07) is 9.69. The monoisotopic (exact) mass is 497 g/mol. The normalized spacial score (nSPS) is 20.3. The number of nitrogens with zero attached hydrogens (tertiary/aromatic N) is 3. The van der Waals surface area contributed by atoms with Crippen molar-refractivity contribution in [3.63, 3.8) is 0 Å². The van der Waals surface area contributed by atoms with Gasteiger partial charge in [-0.05, 0) is 35.7 Å². The van der Waals surface area contributed by atoms with Gasteiger partial charge in [0.1, 0.15) is 7.85 Å². The first-order chi connectivity index (χ1) is 16.4. The predicted octanol–water partition coefficient (Wildman–Crippen LogP) is -0.00900. The van der Waals surface area contributed by atoms with Crippen LogP contribution < -0.4 is 0 Å². The fourth-order valence-corrected chi connectivity index (χ4v) is 4.71. The lowest BCUT2D eigenvalue weighted by Gasteiger charge is -2.43. The van der Waals surface area contributed by atoms with E-state index in [1.165, 1.54) is 33.0 Å². The predicted molar refractivity (Wildman–Crippen MR) is 132 cm³/mol. The number of piperidine rings is 1. The smallest absolute Gasteiger partial charge is 0.348 e. The van der Waals surface area contributed by atoms with Crippen LogP contribution in [-0.4, -0.2) is 67.4 Å². The molecule has 0 spiro atoms. The summed E-state index contributed by atoms with van der Waals surface area (Å²) in [6.45, 7) is 0.0434. The molecule has 0 saturated carbocycles. The Kier molecular flexibility index (Phi) is 6.29. The van der Waals surface area contributed by atoms with Gasteiger partial charge in [0.25, 0.3) is 11.8 Å². The number of benzene rings is 2. The van der Waals surface area contributed by atoms with E-state index >= 15 is 0 Å².